The minimum Gasteiger partial charge on any atom is -0.303 e. The van der Waals surface area contributed by atoms with Gasteiger partial charge in [-0.05, 0) is 6.92 Å². The van der Waals surface area contributed by atoms with Crippen LogP contribution in [-0.4, -0.2) is 30.6 Å². The van der Waals surface area contributed by atoms with E-state index in [1.165, 1.54) is 0 Å². The van der Waals surface area contributed by atoms with Crippen molar-refractivity contribution in [3.05, 3.63) is 35.9 Å². The van der Waals surface area contributed by atoms with Crippen molar-refractivity contribution >= 4 is 11.5 Å². The molecule has 0 aliphatic rings. The highest BCUT2D eigenvalue weighted by Gasteiger charge is 2.08. The van der Waals surface area contributed by atoms with E-state index < -0.39 is 0 Å². The molecule has 0 saturated heterocycles. The van der Waals surface area contributed by atoms with Gasteiger partial charge in [0.2, 0.25) is 5.78 Å². The molecule has 0 unspecified atom stereocenters. The van der Waals surface area contributed by atoms with Crippen LogP contribution in [0.2, 0.25) is 0 Å². The van der Waals surface area contributed by atoms with Crippen LogP contribution in [0.15, 0.2) is 35.4 Å². The number of Topliss-reactive ketones (excluding diaryl/α,β-unsaturated/α-hetero) is 1. The lowest BCUT2D eigenvalue weighted by Crippen LogP contribution is -2.15. The molecule has 3 nitrogen and oxygen atoms in total. The fourth-order valence-electron chi connectivity index (χ4n) is 1.14. The Balaban J connectivity index is 2.87. The van der Waals surface area contributed by atoms with E-state index in [-0.39, 0.29) is 5.78 Å². The van der Waals surface area contributed by atoms with E-state index in [9.17, 15) is 4.79 Å². The van der Waals surface area contributed by atoms with Crippen molar-refractivity contribution in [2.45, 2.75) is 6.92 Å². The normalized spacial score (nSPS) is 11.2. The molecule has 0 bridgehead atoms. The zero-order valence-electron chi connectivity index (χ0n) is 8.69. The maximum Gasteiger partial charge on any atom is 0.208 e. The molecule has 0 fully saturated rings. The summed E-state index contributed by atoms with van der Waals surface area (Å²) in [6.45, 7) is 1.72. The summed E-state index contributed by atoms with van der Waals surface area (Å²) in [5.41, 5.74) is 1.18. The number of carbonyl (C=O) groups excluding carboxylic acids is 1. The molecule has 3 heteroatoms. The number of carbonyl (C=O) groups is 1. The second-order valence-corrected chi connectivity index (χ2v) is 3.23. The summed E-state index contributed by atoms with van der Waals surface area (Å²) in [5, 5.41) is 5.68. The molecule has 1 aromatic carbocycles. The third-order valence-electron chi connectivity index (χ3n) is 1.71. The van der Waals surface area contributed by atoms with Gasteiger partial charge >= 0.3 is 0 Å². The Bertz CT molecular complexity index is 342. The molecular weight excluding hydrogens is 176 g/mol. The first-order valence-corrected chi connectivity index (χ1v) is 4.43. The van der Waals surface area contributed by atoms with Crippen LogP contribution >= 0.6 is 0 Å². The van der Waals surface area contributed by atoms with Crippen LogP contribution in [0, 0.1) is 0 Å². The van der Waals surface area contributed by atoms with Crippen LogP contribution in [0.5, 0.6) is 0 Å². The Labute approximate surface area is 84.0 Å². The lowest BCUT2D eigenvalue weighted by Gasteiger charge is -2.06. The van der Waals surface area contributed by atoms with Gasteiger partial charge in [0.05, 0.1) is 0 Å². The highest BCUT2D eigenvalue weighted by molar-refractivity contribution is 6.45. The minimum absolute atomic E-state index is 0.0284. The molecule has 0 aliphatic carbocycles. The summed E-state index contributed by atoms with van der Waals surface area (Å²) in [5.74, 6) is -0.0284. The summed E-state index contributed by atoms with van der Waals surface area (Å²) in [7, 11) is 3.59. The minimum atomic E-state index is -0.0284. The molecule has 0 saturated carbocycles. The Morgan fingerprint density at radius 2 is 1.79 bits per heavy atom. The largest absolute Gasteiger partial charge is 0.303 e. The summed E-state index contributed by atoms with van der Waals surface area (Å²) in [4.78, 5) is 11.7. The van der Waals surface area contributed by atoms with Gasteiger partial charge in [-0.15, -0.1) is 0 Å². The van der Waals surface area contributed by atoms with Gasteiger partial charge in [-0.25, -0.2) is 0 Å². The summed E-state index contributed by atoms with van der Waals surface area (Å²) >= 11 is 0. The lowest BCUT2D eigenvalue weighted by atomic mass is 10.1. The van der Waals surface area contributed by atoms with Crippen molar-refractivity contribution in [1.29, 1.82) is 0 Å². The molecule has 0 aromatic heterocycles. The van der Waals surface area contributed by atoms with Crippen LogP contribution in [0.1, 0.15) is 17.3 Å². The third kappa shape index (κ3) is 2.69. The van der Waals surface area contributed by atoms with E-state index in [0.29, 0.717) is 11.3 Å². The number of hydrogen-bond acceptors (Lipinski definition) is 3. The standard InChI is InChI=1S/C11H14N2O/c1-9(12-13(2)3)11(14)10-7-5-4-6-8-10/h4-8H,1-3H3. The van der Waals surface area contributed by atoms with E-state index >= 15 is 0 Å². The van der Waals surface area contributed by atoms with Crippen molar-refractivity contribution < 1.29 is 4.79 Å². The number of ketones is 1. The number of hydrazone groups is 1. The zero-order chi connectivity index (χ0) is 10.6. The molecule has 0 N–H and O–H groups in total. The Morgan fingerprint density at radius 1 is 1.21 bits per heavy atom. The quantitative estimate of drug-likeness (QED) is 0.413. The molecule has 0 spiro atoms. The second-order valence-electron chi connectivity index (χ2n) is 3.23. The van der Waals surface area contributed by atoms with Gasteiger partial charge in [-0.3, -0.25) is 4.79 Å². The van der Waals surface area contributed by atoms with E-state index in [1.807, 2.05) is 18.2 Å². The highest BCUT2D eigenvalue weighted by Crippen LogP contribution is 2.01. The first-order valence-electron chi connectivity index (χ1n) is 4.43. The molecule has 0 radical (unpaired) electrons. The first kappa shape index (κ1) is 10.4. The maximum absolute atomic E-state index is 11.7. The Kier molecular flexibility index (Phi) is 3.40. The van der Waals surface area contributed by atoms with E-state index in [2.05, 4.69) is 5.10 Å². The molecular formula is C11H14N2O. The zero-order valence-corrected chi connectivity index (χ0v) is 8.69. The van der Waals surface area contributed by atoms with Gasteiger partial charge in [0.15, 0.2) is 0 Å². The van der Waals surface area contributed by atoms with Gasteiger partial charge in [-0.2, -0.15) is 5.10 Å². The molecule has 0 heterocycles. The maximum atomic E-state index is 11.7. The van der Waals surface area contributed by atoms with Crippen LogP contribution < -0.4 is 0 Å². The van der Waals surface area contributed by atoms with Crippen molar-refractivity contribution in [3.8, 4) is 0 Å². The monoisotopic (exact) mass is 190 g/mol. The predicted molar refractivity (Wildman–Crippen MR) is 57.6 cm³/mol. The van der Waals surface area contributed by atoms with Gasteiger partial charge in [0, 0.05) is 19.7 Å². The van der Waals surface area contributed by atoms with Gasteiger partial charge < -0.3 is 5.01 Å². The summed E-state index contributed by atoms with van der Waals surface area (Å²) in [6.07, 6.45) is 0. The molecule has 0 amide bonds. The van der Waals surface area contributed by atoms with Gasteiger partial charge in [-0.1, -0.05) is 30.3 Å². The van der Waals surface area contributed by atoms with Crippen LogP contribution in [0.4, 0.5) is 0 Å². The van der Waals surface area contributed by atoms with Gasteiger partial charge in [0.1, 0.15) is 5.71 Å². The molecule has 1 rings (SSSR count). The van der Waals surface area contributed by atoms with Crippen LogP contribution in [0.25, 0.3) is 0 Å². The molecule has 0 atom stereocenters. The molecule has 74 valence electrons. The average Bonchev–Trinajstić information content (AvgIpc) is 2.17. The summed E-state index contributed by atoms with van der Waals surface area (Å²) < 4.78 is 0. The van der Waals surface area contributed by atoms with E-state index in [4.69, 9.17) is 0 Å². The van der Waals surface area contributed by atoms with Crippen molar-refractivity contribution in [2.75, 3.05) is 14.1 Å². The topological polar surface area (TPSA) is 32.7 Å². The number of benzene rings is 1. The number of rotatable bonds is 3. The molecule has 1 aromatic rings. The Morgan fingerprint density at radius 3 is 2.29 bits per heavy atom. The van der Waals surface area contributed by atoms with Crippen molar-refractivity contribution in [2.24, 2.45) is 5.10 Å². The van der Waals surface area contributed by atoms with Crippen molar-refractivity contribution in [1.82, 2.24) is 5.01 Å². The number of nitrogens with zero attached hydrogens (tertiary/aromatic N) is 2. The smallest absolute Gasteiger partial charge is 0.208 e. The third-order valence-corrected chi connectivity index (χ3v) is 1.71. The van der Waals surface area contributed by atoms with Gasteiger partial charge in [0.25, 0.3) is 0 Å². The second kappa shape index (κ2) is 4.56. The number of hydrogen-bond donors (Lipinski definition) is 0. The summed E-state index contributed by atoms with van der Waals surface area (Å²) in [6, 6.07) is 9.15. The highest BCUT2D eigenvalue weighted by atomic mass is 16.1. The van der Waals surface area contributed by atoms with E-state index in [1.54, 1.807) is 38.2 Å². The lowest BCUT2D eigenvalue weighted by molar-refractivity contribution is 0.106. The first-order chi connectivity index (χ1) is 6.61. The van der Waals surface area contributed by atoms with E-state index in [0.717, 1.165) is 0 Å². The average molecular weight is 190 g/mol. The molecule has 14 heavy (non-hydrogen) atoms. The van der Waals surface area contributed by atoms with Crippen LogP contribution in [-0.2, 0) is 0 Å². The fraction of sp³-hybridized carbons (Fsp3) is 0.273. The van der Waals surface area contributed by atoms with Crippen molar-refractivity contribution in [3.63, 3.8) is 0 Å². The predicted octanol–water partition coefficient (Wildman–Crippen LogP) is 1.81. The Hall–Kier alpha value is -1.64. The van der Waals surface area contributed by atoms with Crippen LogP contribution in [0.3, 0.4) is 0 Å². The molecule has 0 aliphatic heterocycles. The SMILES string of the molecule is CC(=NN(C)C)C(=O)c1ccccc1. The fourth-order valence-corrected chi connectivity index (χ4v) is 1.14.